The molecule has 8 heteroatoms. The number of hydrogen-bond acceptors (Lipinski definition) is 4. The van der Waals surface area contributed by atoms with Crippen LogP contribution in [0.15, 0.2) is 0 Å². The number of aliphatic carboxylic acids is 1. The monoisotopic (exact) mass is 285 g/mol. The maximum atomic E-state index is 11.8. The quantitative estimate of drug-likeness (QED) is 0.583. The Morgan fingerprint density at radius 3 is 2.30 bits per heavy atom. The zero-order valence-corrected chi connectivity index (χ0v) is 11.5. The summed E-state index contributed by atoms with van der Waals surface area (Å²) in [5.74, 6) is -2.57. The zero-order valence-electron chi connectivity index (χ0n) is 11.5. The van der Waals surface area contributed by atoms with E-state index in [2.05, 4.69) is 10.6 Å². The van der Waals surface area contributed by atoms with Crippen molar-refractivity contribution in [2.75, 3.05) is 19.6 Å². The Kier molecular flexibility index (Phi) is 5.48. The van der Waals surface area contributed by atoms with Crippen LogP contribution in [0.1, 0.15) is 20.3 Å². The molecule has 0 aromatic carbocycles. The Hall–Kier alpha value is -2.12. The first kappa shape index (κ1) is 15.9. The summed E-state index contributed by atoms with van der Waals surface area (Å²) in [6.45, 7) is 3.34. The van der Waals surface area contributed by atoms with E-state index in [1.807, 2.05) is 13.8 Å². The topological polar surface area (TPSA) is 116 Å². The minimum Gasteiger partial charge on any atom is -0.481 e. The molecule has 1 aliphatic heterocycles. The number of imide groups is 1. The van der Waals surface area contributed by atoms with Crippen LogP contribution in [0.4, 0.5) is 4.79 Å². The highest BCUT2D eigenvalue weighted by atomic mass is 16.4. The van der Waals surface area contributed by atoms with Crippen LogP contribution in [-0.2, 0) is 14.4 Å². The molecule has 0 aromatic heterocycles. The minimum absolute atomic E-state index is 0.0291. The number of nitrogens with one attached hydrogen (secondary N) is 2. The van der Waals surface area contributed by atoms with Gasteiger partial charge in [0.2, 0.25) is 11.8 Å². The number of amides is 4. The van der Waals surface area contributed by atoms with Gasteiger partial charge in [-0.25, -0.2) is 4.79 Å². The van der Waals surface area contributed by atoms with Gasteiger partial charge in [0.15, 0.2) is 0 Å². The molecule has 112 valence electrons. The first-order chi connectivity index (χ1) is 9.29. The normalized spacial score (nSPS) is 16.9. The molecule has 1 unspecified atom stereocenters. The molecule has 1 atom stereocenters. The third-order valence-electron chi connectivity index (χ3n) is 2.84. The van der Waals surface area contributed by atoms with Crippen molar-refractivity contribution in [1.29, 1.82) is 0 Å². The summed E-state index contributed by atoms with van der Waals surface area (Å²) in [6.07, 6.45) is 0.440. The van der Waals surface area contributed by atoms with Crippen molar-refractivity contribution in [2.45, 2.75) is 20.3 Å². The van der Waals surface area contributed by atoms with Crippen molar-refractivity contribution in [2.24, 2.45) is 11.8 Å². The van der Waals surface area contributed by atoms with Gasteiger partial charge >= 0.3 is 12.0 Å². The van der Waals surface area contributed by atoms with Crippen LogP contribution >= 0.6 is 0 Å². The molecule has 0 radical (unpaired) electrons. The molecular formula is C12H19N3O5. The van der Waals surface area contributed by atoms with Gasteiger partial charge in [-0.15, -0.1) is 0 Å². The summed E-state index contributed by atoms with van der Waals surface area (Å²) in [5.41, 5.74) is 0. The number of urea groups is 1. The number of carboxylic acid groups (broad SMARTS) is 1. The van der Waals surface area contributed by atoms with E-state index in [1.165, 1.54) is 0 Å². The van der Waals surface area contributed by atoms with Gasteiger partial charge in [-0.05, 0) is 12.3 Å². The molecule has 3 N–H and O–H groups in total. The van der Waals surface area contributed by atoms with Gasteiger partial charge in [0, 0.05) is 6.54 Å². The van der Waals surface area contributed by atoms with Gasteiger partial charge < -0.3 is 15.3 Å². The number of rotatable bonds is 5. The van der Waals surface area contributed by atoms with Gasteiger partial charge in [-0.3, -0.25) is 19.7 Å². The van der Waals surface area contributed by atoms with Crippen LogP contribution in [0, 0.1) is 11.8 Å². The Labute approximate surface area is 116 Å². The Balaban J connectivity index is 2.50. The van der Waals surface area contributed by atoms with Gasteiger partial charge in [-0.1, -0.05) is 13.8 Å². The van der Waals surface area contributed by atoms with E-state index < -0.39 is 29.7 Å². The molecule has 1 fully saturated rings. The molecular weight excluding hydrogens is 266 g/mol. The smallest absolute Gasteiger partial charge is 0.318 e. The van der Waals surface area contributed by atoms with Crippen LogP contribution in [0.25, 0.3) is 0 Å². The highest BCUT2D eigenvalue weighted by Gasteiger charge is 2.27. The molecule has 1 rings (SSSR count). The first-order valence-corrected chi connectivity index (χ1v) is 6.37. The molecule has 0 aliphatic carbocycles. The molecule has 4 amide bonds. The Morgan fingerprint density at radius 1 is 1.30 bits per heavy atom. The number of nitrogens with zero attached hydrogens (tertiary/aromatic N) is 1. The van der Waals surface area contributed by atoms with Crippen LogP contribution in [0.2, 0.25) is 0 Å². The molecule has 0 bridgehead atoms. The van der Waals surface area contributed by atoms with E-state index in [1.54, 1.807) is 0 Å². The third kappa shape index (κ3) is 4.87. The highest BCUT2D eigenvalue weighted by molar-refractivity contribution is 6.02. The molecule has 8 nitrogen and oxygen atoms in total. The summed E-state index contributed by atoms with van der Waals surface area (Å²) in [5, 5.41) is 13.6. The standard InChI is InChI=1S/C12H19N3O5/c1-7(2)3-8(11(18)19)4-13-12(20)15-5-9(16)14-10(17)6-15/h7-8H,3-6H2,1-2H3,(H,13,20)(H,18,19)(H,14,16,17). The molecule has 0 aromatic rings. The lowest BCUT2D eigenvalue weighted by Crippen LogP contribution is -2.56. The Morgan fingerprint density at radius 2 is 1.85 bits per heavy atom. The fourth-order valence-corrected chi connectivity index (χ4v) is 1.94. The maximum Gasteiger partial charge on any atom is 0.318 e. The van der Waals surface area contributed by atoms with E-state index in [4.69, 9.17) is 5.11 Å². The van der Waals surface area contributed by atoms with Crippen molar-refractivity contribution >= 4 is 23.8 Å². The van der Waals surface area contributed by atoms with Crippen LogP contribution in [0.3, 0.4) is 0 Å². The van der Waals surface area contributed by atoms with Gasteiger partial charge in [-0.2, -0.15) is 0 Å². The van der Waals surface area contributed by atoms with Crippen LogP contribution < -0.4 is 10.6 Å². The largest absolute Gasteiger partial charge is 0.481 e. The SMILES string of the molecule is CC(C)CC(CNC(=O)N1CC(=O)NC(=O)C1)C(=O)O. The maximum absolute atomic E-state index is 11.8. The number of piperazine rings is 1. The van der Waals surface area contributed by atoms with E-state index in [9.17, 15) is 19.2 Å². The highest BCUT2D eigenvalue weighted by Crippen LogP contribution is 2.11. The minimum atomic E-state index is -0.980. The summed E-state index contributed by atoms with van der Waals surface area (Å²) in [4.78, 5) is 46.2. The molecule has 1 aliphatic rings. The van der Waals surface area contributed by atoms with Crippen LogP contribution in [-0.4, -0.2) is 53.5 Å². The lowest BCUT2D eigenvalue weighted by molar-refractivity contribution is -0.142. The number of carboxylic acids is 1. The summed E-state index contributed by atoms with van der Waals surface area (Å²) in [7, 11) is 0. The second kappa shape index (κ2) is 6.88. The van der Waals surface area contributed by atoms with Gasteiger partial charge in [0.05, 0.1) is 5.92 Å². The van der Waals surface area contributed by atoms with Crippen molar-refractivity contribution in [1.82, 2.24) is 15.5 Å². The lowest BCUT2D eigenvalue weighted by atomic mass is 9.97. The predicted octanol–water partition coefficient (Wildman–Crippen LogP) is -0.599. The van der Waals surface area contributed by atoms with Crippen LogP contribution in [0.5, 0.6) is 0 Å². The predicted molar refractivity (Wildman–Crippen MR) is 68.7 cm³/mol. The number of carbonyl (C=O) groups is 4. The van der Waals surface area contributed by atoms with E-state index in [-0.39, 0.29) is 25.6 Å². The van der Waals surface area contributed by atoms with Gasteiger partial charge in [0.25, 0.3) is 0 Å². The molecule has 20 heavy (non-hydrogen) atoms. The van der Waals surface area contributed by atoms with Crippen molar-refractivity contribution < 1.29 is 24.3 Å². The van der Waals surface area contributed by atoms with E-state index >= 15 is 0 Å². The van der Waals surface area contributed by atoms with Crippen molar-refractivity contribution in [3.8, 4) is 0 Å². The average Bonchev–Trinajstić information content (AvgIpc) is 2.32. The summed E-state index contributed by atoms with van der Waals surface area (Å²) >= 11 is 0. The molecule has 0 spiro atoms. The average molecular weight is 285 g/mol. The number of hydrogen-bond donors (Lipinski definition) is 3. The molecule has 1 heterocycles. The van der Waals surface area contributed by atoms with Gasteiger partial charge in [0.1, 0.15) is 13.1 Å². The second-order valence-electron chi connectivity index (χ2n) is 5.18. The Bertz CT molecular complexity index is 405. The molecule has 0 saturated carbocycles. The lowest BCUT2D eigenvalue weighted by Gasteiger charge is -2.26. The fourth-order valence-electron chi connectivity index (χ4n) is 1.94. The van der Waals surface area contributed by atoms with E-state index in [0.29, 0.717) is 6.42 Å². The van der Waals surface area contributed by atoms with Crippen molar-refractivity contribution in [3.05, 3.63) is 0 Å². The second-order valence-corrected chi connectivity index (χ2v) is 5.18. The zero-order chi connectivity index (χ0) is 15.3. The van der Waals surface area contributed by atoms with Crippen molar-refractivity contribution in [3.63, 3.8) is 0 Å². The fraction of sp³-hybridized carbons (Fsp3) is 0.667. The van der Waals surface area contributed by atoms with E-state index in [0.717, 1.165) is 4.90 Å². The third-order valence-corrected chi connectivity index (χ3v) is 2.84. The summed E-state index contributed by atoms with van der Waals surface area (Å²) < 4.78 is 0. The first-order valence-electron chi connectivity index (χ1n) is 6.37. The summed E-state index contributed by atoms with van der Waals surface area (Å²) in [6, 6.07) is -0.608. The number of carbonyl (C=O) groups excluding carboxylic acids is 3. The molecule has 1 saturated heterocycles.